The zero-order valence-corrected chi connectivity index (χ0v) is 9.74. The summed E-state index contributed by atoms with van der Waals surface area (Å²) in [6.45, 7) is 0.703. The highest BCUT2D eigenvalue weighted by molar-refractivity contribution is 6.34. The molecule has 16 heavy (non-hydrogen) atoms. The van der Waals surface area contributed by atoms with Crippen LogP contribution in [0.2, 0.25) is 5.02 Å². The molecule has 2 N–H and O–H groups in total. The van der Waals surface area contributed by atoms with E-state index in [1.54, 1.807) is 0 Å². The summed E-state index contributed by atoms with van der Waals surface area (Å²) in [6.07, 6.45) is 2.83. The van der Waals surface area contributed by atoms with E-state index in [0.29, 0.717) is 29.7 Å². The van der Waals surface area contributed by atoms with E-state index >= 15 is 0 Å². The molecule has 0 atom stereocenters. The highest BCUT2D eigenvalue weighted by Crippen LogP contribution is 2.39. The minimum Gasteiger partial charge on any atom is -0.397 e. The highest BCUT2D eigenvalue weighted by atomic mass is 35.5. The Morgan fingerprint density at radius 3 is 2.81 bits per heavy atom. The van der Waals surface area contributed by atoms with Gasteiger partial charge in [-0.3, -0.25) is 0 Å². The first kappa shape index (κ1) is 11.1. The van der Waals surface area contributed by atoms with Crippen LogP contribution in [0.15, 0.2) is 18.2 Å². The maximum Gasteiger partial charge on any atom is 0.0791 e. The second kappa shape index (κ2) is 4.63. The number of nitrogens with two attached hydrogens (primary N) is 1. The Morgan fingerprint density at radius 1 is 1.50 bits per heavy atom. The summed E-state index contributed by atoms with van der Waals surface area (Å²) in [5, 5.41) is 9.33. The molecule has 1 aliphatic rings. The quantitative estimate of drug-likeness (QED) is 0.817. The topological polar surface area (TPSA) is 53.0 Å². The van der Waals surface area contributed by atoms with E-state index in [1.807, 2.05) is 18.2 Å². The molecule has 1 aromatic rings. The van der Waals surface area contributed by atoms with Crippen LogP contribution >= 0.6 is 11.6 Å². The van der Waals surface area contributed by atoms with E-state index in [2.05, 4.69) is 11.0 Å². The van der Waals surface area contributed by atoms with Gasteiger partial charge in [-0.2, -0.15) is 5.26 Å². The van der Waals surface area contributed by atoms with E-state index in [4.69, 9.17) is 22.6 Å². The lowest BCUT2D eigenvalue weighted by Crippen LogP contribution is -2.27. The molecule has 0 heterocycles. The molecule has 0 bridgehead atoms. The molecule has 1 aliphatic carbocycles. The molecule has 0 spiro atoms. The molecule has 4 heteroatoms. The lowest BCUT2D eigenvalue weighted by Gasteiger charge is -2.26. The third-order valence-electron chi connectivity index (χ3n) is 2.76. The summed E-state index contributed by atoms with van der Waals surface area (Å²) in [6, 6.07) is 8.21. The fourth-order valence-electron chi connectivity index (χ4n) is 1.87. The maximum atomic E-state index is 8.66. The van der Waals surface area contributed by atoms with Gasteiger partial charge in [0.25, 0.3) is 0 Å². The number of benzene rings is 1. The zero-order chi connectivity index (χ0) is 11.5. The normalized spacial score (nSPS) is 14.5. The fourth-order valence-corrected chi connectivity index (χ4v) is 2.16. The molecule has 0 amide bonds. The second-order valence-corrected chi connectivity index (χ2v) is 4.42. The standard InChI is InChI=1S/C12H14ClN3/c13-10-3-1-4-11(15)12(10)16(8-2-7-14)9-5-6-9/h1,3-4,9H,2,5-6,8,15H2. The summed E-state index contributed by atoms with van der Waals surface area (Å²) in [5.41, 5.74) is 7.53. The van der Waals surface area contributed by atoms with Crippen LogP contribution in [0.4, 0.5) is 11.4 Å². The third-order valence-corrected chi connectivity index (χ3v) is 3.06. The molecular weight excluding hydrogens is 222 g/mol. The van der Waals surface area contributed by atoms with Gasteiger partial charge in [0.1, 0.15) is 0 Å². The van der Waals surface area contributed by atoms with Crippen molar-refractivity contribution in [2.45, 2.75) is 25.3 Å². The first-order valence-electron chi connectivity index (χ1n) is 5.41. The van der Waals surface area contributed by atoms with Gasteiger partial charge in [-0.1, -0.05) is 17.7 Å². The molecular formula is C12H14ClN3. The van der Waals surface area contributed by atoms with Gasteiger partial charge in [-0.25, -0.2) is 0 Å². The Morgan fingerprint density at radius 2 is 2.25 bits per heavy atom. The van der Waals surface area contributed by atoms with Crippen molar-refractivity contribution < 1.29 is 0 Å². The van der Waals surface area contributed by atoms with Crippen LogP contribution in [0.5, 0.6) is 0 Å². The van der Waals surface area contributed by atoms with E-state index in [9.17, 15) is 0 Å². The van der Waals surface area contributed by atoms with Crippen LogP contribution in [0, 0.1) is 11.3 Å². The van der Waals surface area contributed by atoms with Gasteiger partial charge in [-0.15, -0.1) is 0 Å². The average molecular weight is 236 g/mol. The maximum absolute atomic E-state index is 8.66. The number of hydrogen-bond donors (Lipinski definition) is 1. The Hall–Kier alpha value is -1.40. The van der Waals surface area contributed by atoms with Gasteiger partial charge in [0.2, 0.25) is 0 Å². The van der Waals surface area contributed by atoms with Crippen molar-refractivity contribution in [1.29, 1.82) is 5.26 Å². The van der Waals surface area contributed by atoms with Crippen LogP contribution in [0.25, 0.3) is 0 Å². The van der Waals surface area contributed by atoms with Crippen LogP contribution in [-0.2, 0) is 0 Å². The lowest BCUT2D eigenvalue weighted by molar-refractivity contribution is 0.794. The number of anilines is 2. The Labute approximate surface area is 100 Å². The Kier molecular flexibility index (Phi) is 3.21. The van der Waals surface area contributed by atoms with Crippen molar-refractivity contribution >= 4 is 23.0 Å². The number of halogens is 1. The minimum atomic E-state index is 0.501. The molecule has 0 saturated heterocycles. The van der Waals surface area contributed by atoms with Crippen molar-refractivity contribution in [2.24, 2.45) is 0 Å². The van der Waals surface area contributed by atoms with Crippen LogP contribution in [-0.4, -0.2) is 12.6 Å². The molecule has 2 rings (SSSR count). The number of nitrogen functional groups attached to an aromatic ring is 1. The Balaban J connectivity index is 2.27. The molecule has 3 nitrogen and oxygen atoms in total. The average Bonchev–Trinajstić information content (AvgIpc) is 3.06. The SMILES string of the molecule is N#CCCN(c1c(N)cccc1Cl)C1CC1. The second-order valence-electron chi connectivity index (χ2n) is 4.01. The van der Waals surface area contributed by atoms with Gasteiger partial charge in [0.05, 0.1) is 28.9 Å². The van der Waals surface area contributed by atoms with E-state index < -0.39 is 0 Å². The molecule has 0 radical (unpaired) electrons. The van der Waals surface area contributed by atoms with Crippen molar-refractivity contribution in [3.63, 3.8) is 0 Å². The molecule has 84 valence electrons. The van der Waals surface area contributed by atoms with Crippen LogP contribution in [0.3, 0.4) is 0 Å². The summed E-state index contributed by atoms with van der Waals surface area (Å²) in [7, 11) is 0. The molecule has 0 aliphatic heterocycles. The van der Waals surface area contributed by atoms with Gasteiger partial charge >= 0.3 is 0 Å². The summed E-state index contributed by atoms with van der Waals surface area (Å²) >= 11 is 6.17. The first-order chi connectivity index (χ1) is 7.74. The number of rotatable bonds is 4. The fraction of sp³-hybridized carbons (Fsp3) is 0.417. The van der Waals surface area contributed by atoms with Crippen molar-refractivity contribution in [1.82, 2.24) is 0 Å². The molecule has 0 unspecified atom stereocenters. The summed E-state index contributed by atoms with van der Waals surface area (Å²) in [4.78, 5) is 2.17. The number of nitrogens with zero attached hydrogens (tertiary/aromatic N) is 2. The smallest absolute Gasteiger partial charge is 0.0791 e. The third kappa shape index (κ3) is 2.23. The van der Waals surface area contributed by atoms with Crippen molar-refractivity contribution in [3.05, 3.63) is 23.2 Å². The molecule has 1 aromatic carbocycles. The molecule has 1 saturated carbocycles. The lowest BCUT2D eigenvalue weighted by atomic mass is 10.2. The van der Waals surface area contributed by atoms with Gasteiger partial charge < -0.3 is 10.6 Å². The zero-order valence-electron chi connectivity index (χ0n) is 8.99. The number of nitriles is 1. The van der Waals surface area contributed by atoms with Gasteiger partial charge in [-0.05, 0) is 25.0 Å². The van der Waals surface area contributed by atoms with Crippen molar-refractivity contribution in [2.75, 3.05) is 17.2 Å². The predicted molar refractivity (Wildman–Crippen MR) is 66.5 cm³/mol. The molecule has 0 aromatic heterocycles. The van der Waals surface area contributed by atoms with E-state index in [1.165, 1.54) is 0 Å². The number of hydrogen-bond acceptors (Lipinski definition) is 3. The summed E-state index contributed by atoms with van der Waals surface area (Å²) in [5.74, 6) is 0. The first-order valence-corrected chi connectivity index (χ1v) is 5.79. The van der Waals surface area contributed by atoms with Gasteiger partial charge in [0, 0.05) is 12.6 Å². The predicted octanol–water partition coefficient (Wildman–Crippen LogP) is 2.80. The van der Waals surface area contributed by atoms with Gasteiger partial charge in [0.15, 0.2) is 0 Å². The largest absolute Gasteiger partial charge is 0.397 e. The van der Waals surface area contributed by atoms with Crippen LogP contribution < -0.4 is 10.6 Å². The monoisotopic (exact) mass is 235 g/mol. The number of para-hydroxylation sites is 1. The summed E-state index contributed by atoms with van der Waals surface area (Å²) < 4.78 is 0. The Bertz CT molecular complexity index is 401. The van der Waals surface area contributed by atoms with Crippen LogP contribution in [0.1, 0.15) is 19.3 Å². The molecule has 1 fully saturated rings. The highest BCUT2D eigenvalue weighted by Gasteiger charge is 2.30. The minimum absolute atomic E-state index is 0.501. The van der Waals surface area contributed by atoms with E-state index in [0.717, 1.165) is 18.5 Å². The van der Waals surface area contributed by atoms with E-state index in [-0.39, 0.29) is 0 Å². The van der Waals surface area contributed by atoms with Crippen molar-refractivity contribution in [3.8, 4) is 6.07 Å².